The molecule has 0 amide bonds. The summed E-state index contributed by atoms with van der Waals surface area (Å²) in [6.07, 6.45) is 0. The summed E-state index contributed by atoms with van der Waals surface area (Å²) in [5, 5.41) is 11.2. The number of hydrogen-bond donors (Lipinski definition) is 2. The van der Waals surface area contributed by atoms with Crippen molar-refractivity contribution in [3.8, 4) is 11.5 Å². The zero-order valence-electron chi connectivity index (χ0n) is 13.5. The lowest BCUT2D eigenvalue weighted by molar-refractivity contribution is 0.0625. The topological polar surface area (TPSA) is 84.9 Å². The van der Waals surface area contributed by atoms with Gasteiger partial charge in [0.05, 0.1) is 5.75 Å². The fraction of sp³-hybridized carbons (Fsp3) is 0.294. The van der Waals surface area contributed by atoms with Crippen LogP contribution in [0.15, 0.2) is 42.5 Å². The first-order chi connectivity index (χ1) is 11.8. The molecule has 8 heteroatoms. The Morgan fingerprint density at radius 3 is 2.56 bits per heavy atom. The molecule has 0 aliphatic carbocycles. The van der Waals surface area contributed by atoms with Crippen molar-refractivity contribution in [2.75, 3.05) is 13.3 Å². The highest BCUT2D eigenvalue weighted by atomic mass is 35.5. The van der Waals surface area contributed by atoms with Crippen LogP contribution in [-0.4, -0.2) is 26.9 Å². The maximum Gasteiger partial charge on any atom is 0.231 e. The molecule has 6 nitrogen and oxygen atoms in total. The van der Waals surface area contributed by atoms with E-state index in [1.54, 1.807) is 42.5 Å². The van der Waals surface area contributed by atoms with Gasteiger partial charge in [0, 0.05) is 11.6 Å². The molecule has 0 saturated heterocycles. The van der Waals surface area contributed by atoms with Crippen LogP contribution in [0.1, 0.15) is 18.1 Å². The van der Waals surface area contributed by atoms with E-state index in [-0.39, 0.29) is 19.1 Å². The van der Waals surface area contributed by atoms with E-state index in [0.717, 1.165) is 0 Å². The zero-order valence-corrected chi connectivity index (χ0v) is 15.1. The van der Waals surface area contributed by atoms with Gasteiger partial charge in [-0.15, -0.1) is 0 Å². The average Bonchev–Trinajstić information content (AvgIpc) is 3.03. The van der Waals surface area contributed by atoms with Gasteiger partial charge in [0.2, 0.25) is 16.8 Å². The predicted octanol–water partition coefficient (Wildman–Crippen LogP) is 2.40. The van der Waals surface area contributed by atoms with Crippen molar-refractivity contribution >= 4 is 21.6 Å². The lowest BCUT2D eigenvalue weighted by Gasteiger charge is -2.24. The molecule has 2 aromatic rings. The summed E-state index contributed by atoms with van der Waals surface area (Å²) >= 11 is 5.79. The van der Waals surface area contributed by atoms with Gasteiger partial charge in [-0.1, -0.05) is 29.8 Å². The molecule has 3 rings (SSSR count). The van der Waals surface area contributed by atoms with Gasteiger partial charge < -0.3 is 14.6 Å². The molecule has 1 heterocycles. The molecule has 0 aromatic heterocycles. The summed E-state index contributed by atoms with van der Waals surface area (Å²) in [7, 11) is -3.61. The van der Waals surface area contributed by atoms with Gasteiger partial charge in [-0.2, -0.15) is 0 Å². The molecule has 2 aromatic carbocycles. The minimum absolute atomic E-state index is 0.134. The zero-order chi connectivity index (χ0) is 18.1. The number of ether oxygens (including phenoxy) is 2. The number of fused-ring (bicyclic) bond motifs is 1. The van der Waals surface area contributed by atoms with Crippen LogP contribution in [0.3, 0.4) is 0 Å². The number of hydrogen-bond acceptors (Lipinski definition) is 5. The van der Waals surface area contributed by atoms with E-state index in [2.05, 4.69) is 4.72 Å². The monoisotopic (exact) mass is 383 g/mol. The van der Waals surface area contributed by atoms with Gasteiger partial charge in [0.15, 0.2) is 11.5 Å². The number of halogens is 1. The Kier molecular flexibility index (Phi) is 4.92. The van der Waals surface area contributed by atoms with Crippen molar-refractivity contribution in [1.82, 2.24) is 4.72 Å². The van der Waals surface area contributed by atoms with E-state index in [1.807, 2.05) is 0 Å². The Hall–Kier alpha value is -1.80. The van der Waals surface area contributed by atoms with E-state index < -0.39 is 15.6 Å². The van der Waals surface area contributed by atoms with Gasteiger partial charge >= 0.3 is 0 Å². The van der Waals surface area contributed by atoms with Crippen molar-refractivity contribution in [2.24, 2.45) is 0 Å². The molecule has 0 fully saturated rings. The second-order valence-corrected chi connectivity index (χ2v) is 8.29. The van der Waals surface area contributed by atoms with Crippen molar-refractivity contribution in [3.63, 3.8) is 0 Å². The van der Waals surface area contributed by atoms with Crippen LogP contribution in [0.4, 0.5) is 0 Å². The Bertz CT molecular complexity index is 865. The van der Waals surface area contributed by atoms with E-state index >= 15 is 0 Å². The summed E-state index contributed by atoms with van der Waals surface area (Å²) in [6, 6.07) is 11.6. The largest absolute Gasteiger partial charge is 0.454 e. The van der Waals surface area contributed by atoms with Gasteiger partial charge in [-0.05, 0) is 42.3 Å². The van der Waals surface area contributed by atoms with E-state index in [9.17, 15) is 13.5 Å². The van der Waals surface area contributed by atoms with Crippen molar-refractivity contribution < 1.29 is 23.0 Å². The summed E-state index contributed by atoms with van der Waals surface area (Å²) in [5.41, 5.74) is -0.251. The van der Waals surface area contributed by atoms with Crippen molar-refractivity contribution in [2.45, 2.75) is 18.3 Å². The van der Waals surface area contributed by atoms with Crippen LogP contribution < -0.4 is 14.2 Å². The fourth-order valence-electron chi connectivity index (χ4n) is 2.44. The SMILES string of the molecule is CC(O)(CNS(=O)(=O)Cc1ccc(Cl)cc1)c1ccc2c(c1)OCO2. The molecule has 1 atom stereocenters. The Morgan fingerprint density at radius 1 is 1.16 bits per heavy atom. The van der Waals surface area contributed by atoms with Crippen molar-refractivity contribution in [3.05, 3.63) is 58.6 Å². The molecule has 1 unspecified atom stereocenters. The molecular weight excluding hydrogens is 366 g/mol. The summed E-state index contributed by atoms with van der Waals surface area (Å²) in [4.78, 5) is 0. The number of benzene rings is 2. The van der Waals surface area contributed by atoms with Crippen molar-refractivity contribution in [1.29, 1.82) is 0 Å². The number of rotatable bonds is 6. The van der Waals surface area contributed by atoms with Gasteiger partial charge in [0.1, 0.15) is 5.60 Å². The van der Waals surface area contributed by atoms with Crippen LogP contribution in [0.5, 0.6) is 11.5 Å². The lowest BCUT2D eigenvalue weighted by atomic mass is 9.96. The molecule has 25 heavy (non-hydrogen) atoms. The normalized spacial score (nSPS) is 15.8. The van der Waals surface area contributed by atoms with E-state index in [0.29, 0.717) is 27.6 Å². The third-order valence-electron chi connectivity index (χ3n) is 3.90. The second-order valence-electron chi connectivity index (χ2n) is 6.05. The number of nitrogens with one attached hydrogen (secondary N) is 1. The van der Waals surface area contributed by atoms with E-state index in [1.165, 1.54) is 6.92 Å². The van der Waals surface area contributed by atoms with Crippen LogP contribution in [0.25, 0.3) is 0 Å². The quantitative estimate of drug-likeness (QED) is 0.800. The van der Waals surface area contributed by atoms with Gasteiger partial charge in [-0.25, -0.2) is 13.1 Å². The van der Waals surface area contributed by atoms with Gasteiger partial charge in [0.25, 0.3) is 0 Å². The molecule has 0 bridgehead atoms. The van der Waals surface area contributed by atoms with Crippen LogP contribution >= 0.6 is 11.6 Å². The lowest BCUT2D eigenvalue weighted by Crippen LogP contribution is -2.39. The summed E-state index contributed by atoms with van der Waals surface area (Å²) in [5.74, 6) is 0.936. The second kappa shape index (κ2) is 6.84. The Labute approximate surface area is 151 Å². The summed E-state index contributed by atoms with van der Waals surface area (Å²) < 4.78 is 37.5. The predicted molar refractivity (Wildman–Crippen MR) is 94.2 cm³/mol. The van der Waals surface area contributed by atoms with Crippen LogP contribution in [-0.2, 0) is 21.4 Å². The van der Waals surface area contributed by atoms with Crippen LogP contribution in [0.2, 0.25) is 5.02 Å². The van der Waals surface area contributed by atoms with E-state index in [4.69, 9.17) is 21.1 Å². The fourth-order valence-corrected chi connectivity index (χ4v) is 3.80. The molecule has 2 N–H and O–H groups in total. The molecule has 134 valence electrons. The number of aliphatic hydroxyl groups is 1. The first-order valence-electron chi connectivity index (χ1n) is 7.59. The number of sulfonamides is 1. The molecule has 1 aliphatic rings. The summed E-state index contributed by atoms with van der Waals surface area (Å²) in [6.45, 7) is 1.51. The first-order valence-corrected chi connectivity index (χ1v) is 9.62. The Balaban J connectivity index is 1.67. The minimum atomic E-state index is -3.61. The molecule has 0 saturated carbocycles. The highest BCUT2D eigenvalue weighted by Gasteiger charge is 2.28. The minimum Gasteiger partial charge on any atom is -0.454 e. The highest BCUT2D eigenvalue weighted by Crippen LogP contribution is 2.35. The standard InChI is InChI=1S/C17H18ClNO5S/c1-17(20,13-4-7-15-16(8-13)24-11-23-15)10-19-25(21,22)9-12-2-5-14(18)6-3-12/h2-8,19-20H,9-11H2,1H3. The van der Waals surface area contributed by atoms with Crippen LogP contribution in [0, 0.1) is 0 Å². The third-order valence-corrected chi connectivity index (χ3v) is 5.45. The Morgan fingerprint density at radius 2 is 1.84 bits per heavy atom. The maximum atomic E-state index is 12.3. The van der Waals surface area contributed by atoms with Gasteiger partial charge in [-0.3, -0.25) is 0 Å². The third kappa shape index (κ3) is 4.43. The maximum absolute atomic E-state index is 12.3. The molecule has 0 radical (unpaired) electrons. The first kappa shape index (κ1) is 18.0. The average molecular weight is 384 g/mol. The smallest absolute Gasteiger partial charge is 0.231 e. The molecular formula is C17H18ClNO5S. The molecule has 1 aliphatic heterocycles. The highest BCUT2D eigenvalue weighted by molar-refractivity contribution is 7.88. The molecule has 0 spiro atoms.